The third-order valence-electron chi connectivity index (χ3n) is 7.26. The summed E-state index contributed by atoms with van der Waals surface area (Å²) in [6.07, 6.45) is 2.23. The molecule has 1 amide bonds. The summed E-state index contributed by atoms with van der Waals surface area (Å²) in [5.41, 5.74) is 6.11. The zero-order chi connectivity index (χ0) is 23.7. The van der Waals surface area contributed by atoms with Gasteiger partial charge in [0.25, 0.3) is 5.91 Å². The van der Waals surface area contributed by atoms with E-state index < -0.39 is 37.3 Å². The van der Waals surface area contributed by atoms with Gasteiger partial charge < -0.3 is 11.1 Å². The van der Waals surface area contributed by atoms with Crippen LogP contribution in [0.4, 0.5) is 10.1 Å². The lowest BCUT2D eigenvalue weighted by atomic mass is 9.78. The SMILES string of the molecule is Cc1cc(Cl)cnc1C(=O)Nc1ccc(F)c([C@@]2(C)N=C(N)[C@@]3(C)CC[C@]2(C)S3(O)O)c1. The van der Waals surface area contributed by atoms with E-state index in [0.717, 1.165) is 0 Å². The monoisotopic (exact) mass is 480 g/mol. The second-order valence-electron chi connectivity index (χ2n) is 9.05. The van der Waals surface area contributed by atoms with Crippen LogP contribution in [0.1, 0.15) is 55.2 Å². The Morgan fingerprint density at radius 1 is 1.25 bits per heavy atom. The lowest BCUT2D eigenvalue weighted by Gasteiger charge is -2.60. The van der Waals surface area contributed by atoms with E-state index in [-0.39, 0.29) is 17.1 Å². The predicted octanol–water partition coefficient (Wildman–Crippen LogP) is 5.08. The highest BCUT2D eigenvalue weighted by molar-refractivity contribution is 8.27. The number of hydrogen-bond acceptors (Lipinski definition) is 6. The van der Waals surface area contributed by atoms with Crippen LogP contribution in [0.5, 0.6) is 0 Å². The first-order valence-electron chi connectivity index (χ1n) is 10.1. The van der Waals surface area contributed by atoms with E-state index in [1.54, 1.807) is 33.8 Å². The van der Waals surface area contributed by atoms with Gasteiger partial charge in [-0.2, -0.15) is 10.6 Å². The van der Waals surface area contributed by atoms with Gasteiger partial charge in [-0.1, -0.05) is 11.6 Å². The highest BCUT2D eigenvalue weighted by Crippen LogP contribution is 2.77. The number of carbonyl (C=O) groups is 1. The summed E-state index contributed by atoms with van der Waals surface area (Å²) in [5.74, 6) is -0.947. The molecule has 10 heteroatoms. The average molecular weight is 481 g/mol. The minimum Gasteiger partial charge on any atom is -0.386 e. The van der Waals surface area contributed by atoms with E-state index in [2.05, 4.69) is 15.3 Å². The van der Waals surface area contributed by atoms with Crippen molar-refractivity contribution in [2.75, 3.05) is 5.32 Å². The van der Waals surface area contributed by atoms with Crippen molar-refractivity contribution in [1.29, 1.82) is 0 Å². The molecule has 0 aliphatic carbocycles. The number of anilines is 1. The van der Waals surface area contributed by atoms with Crippen LogP contribution in [-0.4, -0.2) is 35.3 Å². The van der Waals surface area contributed by atoms with Gasteiger partial charge in [0.15, 0.2) is 0 Å². The van der Waals surface area contributed by atoms with Gasteiger partial charge >= 0.3 is 0 Å². The number of hydrogen-bond donors (Lipinski definition) is 4. The summed E-state index contributed by atoms with van der Waals surface area (Å²) in [6.45, 7) is 6.79. The van der Waals surface area contributed by atoms with Gasteiger partial charge in [-0.05, 0) is 70.4 Å². The van der Waals surface area contributed by atoms with Crippen LogP contribution in [0.15, 0.2) is 35.5 Å². The Morgan fingerprint density at radius 3 is 2.59 bits per heavy atom. The molecule has 2 bridgehead atoms. The van der Waals surface area contributed by atoms with Gasteiger partial charge in [0.1, 0.15) is 27.6 Å². The number of amides is 1. The molecule has 32 heavy (non-hydrogen) atoms. The Kier molecular flexibility index (Phi) is 5.13. The topological polar surface area (TPSA) is 121 Å². The van der Waals surface area contributed by atoms with Crippen LogP contribution in [0.25, 0.3) is 0 Å². The standard InChI is InChI=1S/C22H26ClFN4O3S/c1-12-9-13(23)11-26-17(12)18(29)27-14-5-6-16(24)15(10-14)22(4)21(3)8-7-20(2,19(25)28-22)32(21,30)31/h5-6,9-11,30-31H,7-8H2,1-4H3,(H2,25,28)(H,27,29)/t20-,21+,22-/m1/s1. The number of benzene rings is 1. The summed E-state index contributed by atoms with van der Waals surface area (Å²) < 4.78 is 35.4. The number of halogens is 2. The van der Waals surface area contributed by atoms with Crippen LogP contribution < -0.4 is 11.1 Å². The van der Waals surface area contributed by atoms with Gasteiger partial charge in [0.2, 0.25) is 0 Å². The molecule has 0 unspecified atom stereocenters. The van der Waals surface area contributed by atoms with Gasteiger partial charge in [0, 0.05) is 17.4 Å². The maximum atomic E-state index is 15.1. The number of pyridine rings is 1. The molecule has 5 N–H and O–H groups in total. The fourth-order valence-corrected chi connectivity index (χ4v) is 7.85. The van der Waals surface area contributed by atoms with E-state index in [1.165, 1.54) is 24.4 Å². The predicted molar refractivity (Wildman–Crippen MR) is 126 cm³/mol. The Morgan fingerprint density at radius 2 is 1.94 bits per heavy atom. The minimum atomic E-state index is -3.27. The third kappa shape index (κ3) is 2.91. The molecule has 172 valence electrons. The summed E-state index contributed by atoms with van der Waals surface area (Å²) in [5, 5.41) is 3.14. The second-order valence-corrected chi connectivity index (χ2v) is 12.4. The number of fused-ring (bicyclic) bond motifs is 2. The first-order chi connectivity index (χ1) is 14.8. The smallest absolute Gasteiger partial charge is 0.274 e. The molecule has 3 atom stereocenters. The van der Waals surface area contributed by atoms with E-state index in [4.69, 9.17) is 17.3 Å². The van der Waals surface area contributed by atoms with Crippen molar-refractivity contribution in [3.8, 4) is 0 Å². The molecule has 4 rings (SSSR count). The van der Waals surface area contributed by atoms with Gasteiger partial charge in [-0.3, -0.25) is 18.9 Å². The lowest BCUT2D eigenvalue weighted by molar-refractivity contribution is 0.102. The zero-order valence-electron chi connectivity index (χ0n) is 18.2. The van der Waals surface area contributed by atoms with Crippen LogP contribution >= 0.6 is 22.2 Å². The second kappa shape index (κ2) is 7.15. The average Bonchev–Trinajstić information content (AvgIpc) is 2.85. The Bertz CT molecular complexity index is 1180. The Balaban J connectivity index is 1.77. The number of nitrogens with two attached hydrogens (primary N) is 1. The van der Waals surface area contributed by atoms with Crippen LogP contribution in [0.3, 0.4) is 0 Å². The van der Waals surface area contributed by atoms with Gasteiger partial charge in [0.05, 0.1) is 9.77 Å². The molecule has 0 spiro atoms. The first kappa shape index (κ1) is 23.0. The van der Waals surface area contributed by atoms with E-state index in [0.29, 0.717) is 29.1 Å². The van der Waals surface area contributed by atoms with Crippen molar-refractivity contribution in [2.45, 2.75) is 55.6 Å². The molecule has 1 aromatic heterocycles. The number of aliphatic imine (C=N–C) groups is 1. The van der Waals surface area contributed by atoms with E-state index >= 15 is 4.39 Å². The van der Waals surface area contributed by atoms with E-state index in [9.17, 15) is 13.9 Å². The molecule has 1 fully saturated rings. The quantitative estimate of drug-likeness (QED) is 0.488. The van der Waals surface area contributed by atoms with Gasteiger partial charge in [-0.15, -0.1) is 0 Å². The molecule has 2 aliphatic rings. The molecular formula is C22H26ClFN4O3S. The summed E-state index contributed by atoms with van der Waals surface area (Å²) in [7, 11) is -3.27. The largest absolute Gasteiger partial charge is 0.386 e. The Labute approximate surface area is 192 Å². The van der Waals surface area contributed by atoms with Crippen LogP contribution in [0, 0.1) is 12.7 Å². The zero-order valence-corrected chi connectivity index (χ0v) is 19.8. The Hall–Kier alpha value is -2.20. The fourth-order valence-electron chi connectivity index (χ4n) is 4.82. The molecule has 0 saturated carbocycles. The molecule has 1 saturated heterocycles. The molecule has 0 radical (unpaired) electrons. The van der Waals surface area contributed by atoms with Gasteiger partial charge in [-0.25, -0.2) is 9.37 Å². The summed E-state index contributed by atoms with van der Waals surface area (Å²) in [6, 6.07) is 5.75. The van der Waals surface area contributed by atoms with Crippen molar-refractivity contribution in [3.05, 3.63) is 58.1 Å². The summed E-state index contributed by atoms with van der Waals surface area (Å²) in [4.78, 5) is 21.5. The number of nitrogens with zero attached hydrogens (tertiary/aromatic N) is 2. The fraction of sp³-hybridized carbons (Fsp3) is 0.409. The van der Waals surface area contributed by atoms with Crippen molar-refractivity contribution in [2.24, 2.45) is 10.7 Å². The number of aromatic nitrogens is 1. The number of amidine groups is 1. The number of carbonyl (C=O) groups excluding carboxylic acids is 1. The van der Waals surface area contributed by atoms with Crippen LogP contribution in [0.2, 0.25) is 5.02 Å². The molecule has 3 heterocycles. The molecule has 1 aromatic carbocycles. The maximum Gasteiger partial charge on any atom is 0.274 e. The van der Waals surface area contributed by atoms with Crippen molar-refractivity contribution in [1.82, 2.24) is 4.98 Å². The highest BCUT2D eigenvalue weighted by atomic mass is 35.5. The van der Waals surface area contributed by atoms with Crippen LogP contribution in [-0.2, 0) is 5.54 Å². The summed E-state index contributed by atoms with van der Waals surface area (Å²) >= 11 is 5.91. The third-order valence-corrected chi connectivity index (χ3v) is 11.0. The number of nitrogens with one attached hydrogen (secondary N) is 1. The molecule has 2 aliphatic heterocycles. The number of aryl methyl sites for hydroxylation is 1. The van der Waals surface area contributed by atoms with Crippen molar-refractivity contribution >= 4 is 39.6 Å². The first-order valence-corrected chi connectivity index (χ1v) is 12.1. The maximum absolute atomic E-state index is 15.1. The molecular weight excluding hydrogens is 455 g/mol. The van der Waals surface area contributed by atoms with Crippen molar-refractivity contribution < 1.29 is 18.3 Å². The number of rotatable bonds is 3. The minimum absolute atomic E-state index is 0.102. The molecule has 2 aromatic rings. The van der Waals surface area contributed by atoms with Crippen molar-refractivity contribution in [3.63, 3.8) is 0 Å². The molecule has 7 nitrogen and oxygen atoms in total. The lowest BCUT2D eigenvalue weighted by Crippen LogP contribution is -2.58. The van der Waals surface area contributed by atoms with E-state index in [1.807, 2.05) is 0 Å². The normalized spacial score (nSPS) is 31.7. The highest BCUT2D eigenvalue weighted by Gasteiger charge is 2.69.